The predicted octanol–water partition coefficient (Wildman–Crippen LogP) is 4.09. The zero-order valence-electron chi connectivity index (χ0n) is 14.3. The molecular weight excluding hydrogens is 349 g/mol. The first-order chi connectivity index (χ1) is 12.3. The van der Waals surface area contributed by atoms with Crippen LogP contribution in [0, 0.1) is 0 Å². The quantitative estimate of drug-likeness (QED) is 0.808. The molecule has 140 valence electrons. The van der Waals surface area contributed by atoms with Crippen LogP contribution in [0.4, 0.5) is 23.7 Å². The second kappa shape index (κ2) is 8.46. The van der Waals surface area contributed by atoms with Gasteiger partial charge in [-0.25, -0.2) is 4.79 Å². The van der Waals surface area contributed by atoms with E-state index in [9.17, 15) is 18.0 Å². The number of carbonyl (C=O) groups is 1. The van der Waals surface area contributed by atoms with Gasteiger partial charge in [0.2, 0.25) is 0 Å². The third-order valence-electron chi connectivity index (χ3n) is 3.63. The van der Waals surface area contributed by atoms with E-state index in [-0.39, 0.29) is 12.2 Å². The third-order valence-corrected chi connectivity index (χ3v) is 3.63. The second-order valence-corrected chi connectivity index (χ2v) is 5.36. The number of amides is 2. The van der Waals surface area contributed by atoms with Crippen molar-refractivity contribution in [3.8, 4) is 11.5 Å². The van der Waals surface area contributed by atoms with Gasteiger partial charge in [0.05, 0.1) is 25.5 Å². The number of halogens is 3. The summed E-state index contributed by atoms with van der Waals surface area (Å²) in [4.78, 5) is 11.9. The number of hydrogen-bond acceptors (Lipinski definition) is 3. The first-order valence-electron chi connectivity index (χ1n) is 7.77. The van der Waals surface area contributed by atoms with Crippen LogP contribution < -0.4 is 20.1 Å². The van der Waals surface area contributed by atoms with Crippen molar-refractivity contribution in [3.05, 3.63) is 53.6 Å². The number of nitrogens with one attached hydrogen (secondary N) is 2. The molecule has 2 N–H and O–H groups in total. The largest absolute Gasteiger partial charge is 0.493 e. The Kier molecular flexibility index (Phi) is 6.32. The first kappa shape index (κ1) is 19.4. The van der Waals surface area contributed by atoms with E-state index < -0.39 is 17.8 Å². The predicted molar refractivity (Wildman–Crippen MR) is 91.7 cm³/mol. The zero-order chi connectivity index (χ0) is 19.2. The number of rotatable bonds is 6. The van der Waals surface area contributed by atoms with Gasteiger partial charge in [0.15, 0.2) is 11.5 Å². The highest BCUT2D eigenvalue weighted by Crippen LogP contribution is 2.34. The summed E-state index contributed by atoms with van der Waals surface area (Å²) in [5.41, 5.74) is -0.294. The molecule has 0 aliphatic heterocycles. The fourth-order valence-electron chi connectivity index (χ4n) is 2.36. The average molecular weight is 368 g/mol. The van der Waals surface area contributed by atoms with Crippen LogP contribution in [-0.2, 0) is 12.6 Å². The van der Waals surface area contributed by atoms with Crippen LogP contribution in [0.3, 0.4) is 0 Å². The summed E-state index contributed by atoms with van der Waals surface area (Å²) in [6.45, 7) is 0.246. The maximum Gasteiger partial charge on any atom is 0.418 e. The van der Waals surface area contributed by atoms with Crippen LogP contribution in [0.1, 0.15) is 11.1 Å². The van der Waals surface area contributed by atoms with E-state index >= 15 is 0 Å². The number of alkyl halides is 3. The lowest BCUT2D eigenvalue weighted by Gasteiger charge is -2.14. The van der Waals surface area contributed by atoms with Crippen LogP contribution in [0.2, 0.25) is 0 Å². The van der Waals surface area contributed by atoms with E-state index in [0.717, 1.165) is 11.6 Å². The summed E-state index contributed by atoms with van der Waals surface area (Å²) in [5, 5.41) is 4.76. The van der Waals surface area contributed by atoms with Gasteiger partial charge in [-0.1, -0.05) is 18.2 Å². The molecule has 0 saturated heterocycles. The molecule has 2 aromatic carbocycles. The van der Waals surface area contributed by atoms with Crippen molar-refractivity contribution in [2.45, 2.75) is 12.6 Å². The van der Waals surface area contributed by atoms with Crippen LogP contribution in [0.15, 0.2) is 42.5 Å². The highest BCUT2D eigenvalue weighted by molar-refractivity contribution is 5.90. The monoisotopic (exact) mass is 368 g/mol. The molecule has 0 heterocycles. The molecule has 0 aliphatic rings. The number of hydrogen-bond donors (Lipinski definition) is 2. The maximum absolute atomic E-state index is 12.9. The molecule has 26 heavy (non-hydrogen) atoms. The van der Waals surface area contributed by atoms with Crippen molar-refractivity contribution in [2.24, 2.45) is 0 Å². The average Bonchev–Trinajstić information content (AvgIpc) is 2.61. The van der Waals surface area contributed by atoms with Crippen LogP contribution >= 0.6 is 0 Å². The van der Waals surface area contributed by atoms with E-state index in [2.05, 4.69) is 10.6 Å². The molecule has 2 amide bonds. The minimum Gasteiger partial charge on any atom is -0.493 e. The third kappa shape index (κ3) is 5.05. The Balaban J connectivity index is 1.92. The van der Waals surface area contributed by atoms with Crippen molar-refractivity contribution < 1.29 is 27.4 Å². The van der Waals surface area contributed by atoms with Crippen molar-refractivity contribution in [1.29, 1.82) is 0 Å². The Morgan fingerprint density at radius 2 is 1.73 bits per heavy atom. The number of anilines is 1. The number of methoxy groups -OCH3 is 2. The highest BCUT2D eigenvalue weighted by Gasteiger charge is 2.33. The highest BCUT2D eigenvalue weighted by atomic mass is 19.4. The normalized spacial score (nSPS) is 11.0. The Hall–Kier alpha value is -2.90. The molecule has 5 nitrogen and oxygen atoms in total. The lowest BCUT2D eigenvalue weighted by atomic mass is 10.1. The van der Waals surface area contributed by atoms with Crippen LogP contribution in [0.5, 0.6) is 11.5 Å². The summed E-state index contributed by atoms with van der Waals surface area (Å²) < 4.78 is 49.1. The summed E-state index contributed by atoms with van der Waals surface area (Å²) in [7, 11) is 3.05. The lowest BCUT2D eigenvalue weighted by molar-refractivity contribution is -0.136. The van der Waals surface area contributed by atoms with E-state index in [1.807, 2.05) is 6.07 Å². The molecule has 0 aromatic heterocycles. The number of urea groups is 1. The first-order valence-corrected chi connectivity index (χ1v) is 7.77. The summed E-state index contributed by atoms with van der Waals surface area (Å²) in [6.07, 6.45) is -4.06. The molecule has 2 aromatic rings. The Labute approximate surface area is 149 Å². The van der Waals surface area contributed by atoms with E-state index in [1.54, 1.807) is 12.1 Å². The SMILES string of the molecule is COc1ccc(CCNC(=O)Nc2ccccc2C(F)(F)F)cc1OC. The van der Waals surface area contributed by atoms with Crippen molar-refractivity contribution in [3.63, 3.8) is 0 Å². The Morgan fingerprint density at radius 3 is 2.38 bits per heavy atom. The minimum absolute atomic E-state index is 0.246. The summed E-state index contributed by atoms with van der Waals surface area (Å²) >= 11 is 0. The Bertz CT molecular complexity index is 764. The van der Waals surface area contributed by atoms with Gasteiger partial charge in [0, 0.05) is 6.54 Å². The van der Waals surface area contributed by atoms with Crippen molar-refractivity contribution in [1.82, 2.24) is 5.32 Å². The van der Waals surface area contributed by atoms with E-state index in [4.69, 9.17) is 9.47 Å². The van der Waals surface area contributed by atoms with Crippen LogP contribution in [-0.4, -0.2) is 26.8 Å². The molecule has 0 aliphatic carbocycles. The van der Waals surface area contributed by atoms with Gasteiger partial charge in [0.25, 0.3) is 0 Å². The number of benzene rings is 2. The van der Waals surface area contributed by atoms with Gasteiger partial charge in [-0.05, 0) is 36.2 Å². The molecule has 0 unspecified atom stereocenters. The molecule has 0 saturated carbocycles. The molecule has 2 rings (SSSR count). The molecule has 0 atom stereocenters. The maximum atomic E-state index is 12.9. The smallest absolute Gasteiger partial charge is 0.418 e. The van der Waals surface area contributed by atoms with E-state index in [0.29, 0.717) is 17.9 Å². The van der Waals surface area contributed by atoms with Gasteiger partial charge in [-0.3, -0.25) is 0 Å². The summed E-state index contributed by atoms with van der Waals surface area (Å²) in [5.74, 6) is 1.15. The molecule has 0 fully saturated rings. The standard InChI is InChI=1S/C18H19F3N2O3/c1-25-15-8-7-12(11-16(15)26-2)9-10-22-17(24)23-14-6-4-3-5-13(14)18(19,20)21/h3-8,11H,9-10H2,1-2H3,(H2,22,23,24). The van der Waals surface area contributed by atoms with Gasteiger partial charge in [-0.15, -0.1) is 0 Å². The number of para-hydroxylation sites is 1. The number of ether oxygens (including phenoxy) is 2. The van der Waals surface area contributed by atoms with Crippen molar-refractivity contribution >= 4 is 11.7 Å². The van der Waals surface area contributed by atoms with E-state index in [1.165, 1.54) is 32.4 Å². The molecule has 8 heteroatoms. The van der Waals surface area contributed by atoms with Crippen molar-refractivity contribution in [2.75, 3.05) is 26.1 Å². The molecule has 0 bridgehead atoms. The number of carbonyl (C=O) groups excluding carboxylic acids is 1. The van der Waals surface area contributed by atoms with Gasteiger partial charge in [0.1, 0.15) is 0 Å². The molecule has 0 spiro atoms. The Morgan fingerprint density at radius 1 is 1.04 bits per heavy atom. The zero-order valence-corrected chi connectivity index (χ0v) is 14.3. The van der Waals surface area contributed by atoms with Gasteiger partial charge >= 0.3 is 12.2 Å². The molecular formula is C18H19F3N2O3. The molecule has 0 radical (unpaired) electrons. The second-order valence-electron chi connectivity index (χ2n) is 5.36. The van der Waals surface area contributed by atoms with Gasteiger partial charge in [-0.2, -0.15) is 13.2 Å². The lowest BCUT2D eigenvalue weighted by Crippen LogP contribution is -2.31. The van der Waals surface area contributed by atoms with Gasteiger partial charge < -0.3 is 20.1 Å². The fraction of sp³-hybridized carbons (Fsp3) is 0.278. The summed E-state index contributed by atoms with van der Waals surface area (Å²) in [6, 6.07) is 9.44. The fourth-order valence-corrected chi connectivity index (χ4v) is 2.36. The van der Waals surface area contributed by atoms with Crippen LogP contribution in [0.25, 0.3) is 0 Å². The topological polar surface area (TPSA) is 59.6 Å². The minimum atomic E-state index is -4.54.